The van der Waals surface area contributed by atoms with Crippen LogP contribution in [0, 0.1) is 11.3 Å². The Labute approximate surface area is 218 Å². The Kier molecular flexibility index (Phi) is 5.68. The average molecular weight is 501 g/mol. The summed E-state index contributed by atoms with van der Waals surface area (Å²) in [6.45, 7) is 4.12. The third-order valence-corrected chi connectivity index (χ3v) is 9.54. The summed E-state index contributed by atoms with van der Waals surface area (Å²) in [5, 5.41) is 13.7. The third-order valence-electron chi connectivity index (χ3n) is 9.54. The van der Waals surface area contributed by atoms with Crippen LogP contribution >= 0.6 is 0 Å². The smallest absolute Gasteiger partial charge is 0.251 e. The largest absolute Gasteiger partial charge is 0.390 e. The van der Waals surface area contributed by atoms with E-state index in [9.17, 15) is 14.7 Å². The molecule has 37 heavy (non-hydrogen) atoms. The molecule has 0 unspecified atom stereocenters. The summed E-state index contributed by atoms with van der Waals surface area (Å²) in [6, 6.07) is 14.7. The maximum absolute atomic E-state index is 13.6. The van der Waals surface area contributed by atoms with Crippen LogP contribution in [0.1, 0.15) is 91.5 Å². The van der Waals surface area contributed by atoms with E-state index < -0.39 is 17.7 Å². The summed E-state index contributed by atoms with van der Waals surface area (Å²) in [4.78, 5) is 33.6. The second kappa shape index (κ2) is 8.69. The molecular formula is C30H36N4O3. The second-order valence-electron chi connectivity index (χ2n) is 11.6. The van der Waals surface area contributed by atoms with Gasteiger partial charge in [-0.05, 0) is 72.3 Å². The van der Waals surface area contributed by atoms with Crippen LogP contribution in [-0.2, 0) is 11.2 Å². The molecule has 0 aromatic heterocycles. The van der Waals surface area contributed by atoms with Gasteiger partial charge in [-0.1, -0.05) is 50.2 Å². The monoisotopic (exact) mass is 500 g/mol. The zero-order chi connectivity index (χ0) is 25.9. The molecule has 2 aromatic carbocycles. The number of carbonyl (C=O) groups is 2. The molecule has 2 amide bonds. The molecular weight excluding hydrogens is 464 g/mol. The van der Waals surface area contributed by atoms with Gasteiger partial charge in [0.2, 0.25) is 5.91 Å². The van der Waals surface area contributed by atoms with Gasteiger partial charge in [0.1, 0.15) is 0 Å². The summed E-state index contributed by atoms with van der Waals surface area (Å²) in [5.74, 6) is 0.810. The predicted molar refractivity (Wildman–Crippen MR) is 142 cm³/mol. The number of hydrogen-bond acceptors (Lipinski definition) is 5. The van der Waals surface area contributed by atoms with Crippen molar-refractivity contribution in [2.24, 2.45) is 22.1 Å². The van der Waals surface area contributed by atoms with Crippen molar-refractivity contribution < 1.29 is 14.7 Å². The molecule has 5 aliphatic rings. The van der Waals surface area contributed by atoms with Gasteiger partial charge in [0.25, 0.3) is 5.91 Å². The number of aliphatic hydroxyl groups is 1. The van der Waals surface area contributed by atoms with Crippen molar-refractivity contribution in [2.45, 2.75) is 82.5 Å². The van der Waals surface area contributed by atoms with Crippen molar-refractivity contribution in [2.75, 3.05) is 0 Å². The number of benzene rings is 2. The SMILES string of the molecule is CCC1(CC)CC(=O)N([C@@H](c2cccc(C(=O)N[C@@H]3c4ccccc4C[C@H]3O)c2)C23CC(C2)C3)C(N)=N1. The van der Waals surface area contributed by atoms with Gasteiger partial charge in [0, 0.05) is 12.0 Å². The molecule has 3 fully saturated rings. The van der Waals surface area contributed by atoms with Crippen LogP contribution in [0.3, 0.4) is 0 Å². The number of nitrogens with one attached hydrogen (secondary N) is 1. The van der Waals surface area contributed by atoms with E-state index in [1.165, 1.54) is 0 Å². The van der Waals surface area contributed by atoms with Crippen molar-refractivity contribution >= 4 is 17.8 Å². The topological polar surface area (TPSA) is 108 Å². The minimum Gasteiger partial charge on any atom is -0.390 e. The molecule has 0 saturated heterocycles. The van der Waals surface area contributed by atoms with Crippen molar-refractivity contribution in [3.8, 4) is 0 Å². The lowest BCUT2D eigenvalue weighted by atomic mass is 9.41. The molecule has 7 heteroatoms. The Morgan fingerprint density at radius 1 is 1.16 bits per heavy atom. The molecule has 7 nitrogen and oxygen atoms in total. The number of nitrogens with zero attached hydrogens (tertiary/aromatic N) is 2. The van der Waals surface area contributed by atoms with Crippen LogP contribution in [0.25, 0.3) is 0 Å². The number of nitrogens with two attached hydrogens (primary N) is 1. The fraction of sp³-hybridized carbons (Fsp3) is 0.500. The second-order valence-corrected chi connectivity index (χ2v) is 11.6. The quantitative estimate of drug-likeness (QED) is 0.534. The summed E-state index contributed by atoms with van der Waals surface area (Å²) in [5.41, 5.74) is 9.57. The number of carbonyl (C=O) groups excluding carboxylic acids is 2. The number of amides is 2. The van der Waals surface area contributed by atoms with E-state index in [1.807, 2.05) is 42.5 Å². The normalized spacial score (nSPS) is 30.0. The summed E-state index contributed by atoms with van der Waals surface area (Å²) in [6.07, 6.45) is 4.99. The van der Waals surface area contributed by atoms with E-state index in [1.54, 1.807) is 11.0 Å². The van der Waals surface area contributed by atoms with E-state index in [0.29, 0.717) is 24.4 Å². The lowest BCUT2D eigenvalue weighted by Gasteiger charge is -2.67. The van der Waals surface area contributed by atoms with Crippen LogP contribution in [-0.4, -0.2) is 39.4 Å². The Balaban J connectivity index is 1.31. The maximum Gasteiger partial charge on any atom is 0.251 e. The molecule has 3 atom stereocenters. The average Bonchev–Trinajstić information content (AvgIpc) is 3.15. The van der Waals surface area contributed by atoms with Gasteiger partial charge in [0.05, 0.1) is 30.1 Å². The Morgan fingerprint density at radius 2 is 1.89 bits per heavy atom. The Morgan fingerprint density at radius 3 is 2.54 bits per heavy atom. The molecule has 7 rings (SSSR count). The highest BCUT2D eigenvalue weighted by atomic mass is 16.3. The summed E-state index contributed by atoms with van der Waals surface area (Å²) >= 11 is 0. The first-order valence-electron chi connectivity index (χ1n) is 13.6. The van der Waals surface area contributed by atoms with Gasteiger partial charge in [-0.3, -0.25) is 14.5 Å². The first-order valence-corrected chi connectivity index (χ1v) is 13.6. The number of rotatable bonds is 7. The zero-order valence-corrected chi connectivity index (χ0v) is 21.6. The molecule has 194 valence electrons. The van der Waals surface area contributed by atoms with Gasteiger partial charge in [0.15, 0.2) is 5.96 Å². The highest BCUT2D eigenvalue weighted by molar-refractivity contribution is 6.00. The zero-order valence-electron chi connectivity index (χ0n) is 21.6. The van der Waals surface area contributed by atoms with E-state index >= 15 is 0 Å². The van der Waals surface area contributed by atoms with Crippen molar-refractivity contribution in [3.63, 3.8) is 0 Å². The van der Waals surface area contributed by atoms with Gasteiger partial charge in [-0.2, -0.15) is 0 Å². The first kappa shape index (κ1) is 24.2. The Bertz CT molecular complexity index is 1270. The van der Waals surface area contributed by atoms with Crippen molar-refractivity contribution in [1.82, 2.24) is 10.2 Å². The highest BCUT2D eigenvalue weighted by Gasteiger charge is 2.63. The van der Waals surface area contributed by atoms with E-state index in [4.69, 9.17) is 10.7 Å². The third kappa shape index (κ3) is 3.78. The molecule has 1 aliphatic heterocycles. The lowest BCUT2D eigenvalue weighted by molar-refractivity contribution is -0.167. The highest BCUT2D eigenvalue weighted by Crippen LogP contribution is 2.71. The first-order chi connectivity index (χ1) is 17.8. The van der Waals surface area contributed by atoms with Gasteiger partial charge < -0.3 is 16.2 Å². The minimum absolute atomic E-state index is 0.00537. The van der Waals surface area contributed by atoms with Crippen molar-refractivity contribution in [3.05, 3.63) is 70.8 Å². The molecule has 4 N–H and O–H groups in total. The van der Waals surface area contributed by atoms with Gasteiger partial charge in [-0.25, -0.2) is 4.99 Å². The molecule has 1 heterocycles. The van der Waals surface area contributed by atoms with E-state index in [2.05, 4.69) is 19.2 Å². The van der Waals surface area contributed by atoms with Crippen LogP contribution in [0.2, 0.25) is 0 Å². The van der Waals surface area contributed by atoms with Gasteiger partial charge >= 0.3 is 0 Å². The maximum atomic E-state index is 13.6. The van der Waals surface area contributed by atoms with Crippen molar-refractivity contribution in [1.29, 1.82) is 0 Å². The van der Waals surface area contributed by atoms with Crippen LogP contribution in [0.4, 0.5) is 0 Å². The van der Waals surface area contributed by atoms with E-state index in [0.717, 1.165) is 54.7 Å². The van der Waals surface area contributed by atoms with Crippen LogP contribution in [0.5, 0.6) is 0 Å². The fourth-order valence-electron chi connectivity index (χ4n) is 7.24. The van der Waals surface area contributed by atoms with Gasteiger partial charge in [-0.15, -0.1) is 0 Å². The number of aliphatic imine (C=N–C) groups is 1. The Hall–Kier alpha value is -3.19. The number of aliphatic hydroxyl groups excluding tert-OH is 1. The predicted octanol–water partition coefficient (Wildman–Crippen LogP) is 4.02. The minimum atomic E-state index is -0.655. The molecule has 0 spiro atoms. The number of hydrogen-bond donors (Lipinski definition) is 3. The van der Waals surface area contributed by atoms with E-state index in [-0.39, 0.29) is 23.3 Å². The molecule has 4 aliphatic carbocycles. The van der Waals surface area contributed by atoms with Crippen LogP contribution in [0.15, 0.2) is 53.5 Å². The summed E-state index contributed by atoms with van der Waals surface area (Å²) < 4.78 is 0. The molecule has 0 radical (unpaired) electrons. The summed E-state index contributed by atoms with van der Waals surface area (Å²) in [7, 11) is 0. The van der Waals surface area contributed by atoms with Crippen LogP contribution < -0.4 is 11.1 Å². The molecule has 3 saturated carbocycles. The number of fused-ring (bicyclic) bond motifs is 1. The molecule has 2 bridgehead atoms. The lowest BCUT2D eigenvalue weighted by Crippen LogP contribution is -2.63. The molecule has 2 aromatic rings. The standard InChI is InChI=1S/C30H36N4O3/c1-3-30(4-2)17-24(36)34(28(31)33-30)26(29-14-18(15-29)16-29)20-9-7-10-21(12-20)27(37)32-25-22-11-6-5-8-19(22)13-23(25)35/h5-12,18,23,25-26,35H,3-4,13-17H2,1-2H3,(H2,31,33)(H,32,37)/t18?,23-,25-,26+,29?/m1/s1. The number of guanidine groups is 1. The fourth-order valence-corrected chi connectivity index (χ4v) is 7.24.